The molecule has 94 heavy (non-hydrogen) atoms. The molecule has 8 nitrogen and oxygen atoms in total. The molecule has 8 heteroatoms. The molecule has 16 aliphatic carbocycles. The predicted molar refractivity (Wildman–Crippen MR) is 373 cm³/mol. The Morgan fingerprint density at radius 1 is 0.394 bits per heavy atom. The summed E-state index contributed by atoms with van der Waals surface area (Å²) in [4.78, 5) is 47.1. The second-order valence-corrected chi connectivity index (χ2v) is 35.7. The van der Waals surface area contributed by atoms with E-state index in [1.165, 1.54) is 87.3 Å². The molecule has 514 valence electrons. The SMILES string of the molecule is CC#C[C@@]1(O)CC[C@@H]2[C@@H]3CCC4=CC(=O)CC[C@@H]4[C@@H]3CC[C@@]21C.CCC#C[C@@]1(O)CC[C@@H]2[C@@H]3CCC4=CC(=O)CC[C@@H]4[C@@H]3CC[C@@]21C.CCCC#C[C@@]1(O)CC[C@@H]2[C@@H]3CCC4=CC(=O)CC[C@@H]4[C@@H]3CC[C@@]21C.CC[C@@]1(O)CC[C@@H]2[C@@H]3CCC4CC(=O)CC[C@@H]4[C@@H]3CC[C@@]21C. The standard InChI is InChI=1S/C23H32O2.C22H30O2.C21H28O2.C20H32O2/c1-3-4-5-12-23(25)14-11-21-20-8-6-16-15-17(24)7-9-18(16)19(20)10-13-22(21,23)2;1-3-4-11-22(24)13-10-20-19-7-5-15-14-16(23)6-8-17(15)18(19)9-12-21(20,22)2;1-3-10-21(23)12-9-19-18-6-4-14-13-15(22)5-7-16(14)17(18)8-11-20(19,21)2;1-3-20(22)11-9-18-17-6-4-13-12-14(21)5-7-15(13)16(17)8-10-19(18,20)2/h15,18-21,25H,3-4,6-11,13-14H2,1-2H3;14,17-20,24H,3,5-10,12-13H2,1-2H3;13,16-19,23H,4-9,11-12H2,1-2H3;13,15-18,22H,3-12H2,1-2H3/t18-,19-,20+,21+,22-,23+;17-,18-,19+,20+,21-,22+;16-,17-,18+,19+,20-,21+;13?,15-,16-,17+,18+,19-,20+/m0000/s1. The quantitative estimate of drug-likeness (QED) is 0.200. The smallest absolute Gasteiger partial charge is 0.155 e. The number of hydrogen-bond acceptors (Lipinski definition) is 8. The van der Waals surface area contributed by atoms with Gasteiger partial charge in [-0.1, -0.05) is 82.9 Å². The van der Waals surface area contributed by atoms with Crippen LogP contribution in [0.5, 0.6) is 0 Å². The van der Waals surface area contributed by atoms with Crippen molar-refractivity contribution >= 4 is 23.1 Å². The molecular formula is C86H122O8. The third-order valence-electron chi connectivity index (χ3n) is 32.5. The third-order valence-corrected chi connectivity index (χ3v) is 32.5. The minimum Gasteiger partial charge on any atom is -0.389 e. The normalized spacial score (nSPS) is 48.7. The molecule has 13 fully saturated rings. The summed E-state index contributed by atoms with van der Waals surface area (Å²) < 4.78 is 0. The summed E-state index contributed by atoms with van der Waals surface area (Å²) in [5.41, 5.74) is 1.59. The van der Waals surface area contributed by atoms with Crippen molar-refractivity contribution in [1.29, 1.82) is 0 Å². The van der Waals surface area contributed by atoms with Crippen molar-refractivity contribution in [1.82, 2.24) is 0 Å². The van der Waals surface area contributed by atoms with Crippen LogP contribution in [0.4, 0.5) is 0 Å². The Kier molecular flexibility index (Phi) is 19.4. The maximum Gasteiger partial charge on any atom is 0.155 e. The van der Waals surface area contributed by atoms with Crippen LogP contribution < -0.4 is 0 Å². The summed E-state index contributed by atoms with van der Waals surface area (Å²) >= 11 is 0. The van der Waals surface area contributed by atoms with Gasteiger partial charge in [-0.25, -0.2) is 0 Å². The van der Waals surface area contributed by atoms with Gasteiger partial charge in [0.2, 0.25) is 0 Å². The van der Waals surface area contributed by atoms with Crippen molar-refractivity contribution < 1.29 is 39.6 Å². The molecule has 0 amide bonds. The predicted octanol–water partition coefficient (Wildman–Crippen LogP) is 17.2. The maximum absolute atomic E-state index is 11.8. The van der Waals surface area contributed by atoms with Crippen molar-refractivity contribution in [3.8, 4) is 35.5 Å². The van der Waals surface area contributed by atoms with Gasteiger partial charge in [-0.15, -0.1) is 17.8 Å². The summed E-state index contributed by atoms with van der Waals surface area (Å²) in [7, 11) is 0. The fourth-order valence-corrected chi connectivity index (χ4v) is 27.3. The van der Waals surface area contributed by atoms with Crippen LogP contribution in [0, 0.1) is 158 Å². The van der Waals surface area contributed by atoms with Gasteiger partial charge in [0.15, 0.2) is 17.3 Å². The van der Waals surface area contributed by atoms with Crippen LogP contribution in [0.15, 0.2) is 34.9 Å². The van der Waals surface area contributed by atoms with Gasteiger partial charge in [0.05, 0.1) is 5.60 Å². The van der Waals surface area contributed by atoms with Gasteiger partial charge in [-0.3, -0.25) is 19.2 Å². The van der Waals surface area contributed by atoms with Gasteiger partial charge in [0.25, 0.3) is 0 Å². The number of fused-ring (bicyclic) bond motifs is 20. The van der Waals surface area contributed by atoms with E-state index in [1.807, 2.05) is 25.2 Å². The van der Waals surface area contributed by atoms with Crippen LogP contribution in [-0.2, 0) is 19.2 Å². The number of Topliss-reactive ketones (excluding diaryl/α,β-unsaturated/α-hetero) is 1. The van der Waals surface area contributed by atoms with Crippen molar-refractivity contribution in [2.45, 2.75) is 315 Å². The van der Waals surface area contributed by atoms with Crippen LogP contribution in [0.3, 0.4) is 0 Å². The van der Waals surface area contributed by atoms with Crippen LogP contribution in [0.25, 0.3) is 0 Å². The van der Waals surface area contributed by atoms with Crippen LogP contribution >= 0.6 is 0 Å². The number of aliphatic hydroxyl groups is 4. The summed E-state index contributed by atoms with van der Waals surface area (Å²) in [6.45, 7) is 17.5. The second-order valence-electron chi connectivity index (χ2n) is 35.7. The fourth-order valence-electron chi connectivity index (χ4n) is 27.3. The summed E-state index contributed by atoms with van der Waals surface area (Å²) in [6.07, 6.45) is 44.9. The molecule has 0 bridgehead atoms. The summed E-state index contributed by atoms with van der Waals surface area (Å²) in [5, 5.41) is 45.0. The lowest BCUT2D eigenvalue weighted by atomic mass is 9.49. The topological polar surface area (TPSA) is 149 Å². The average molecular weight is 1280 g/mol. The minimum atomic E-state index is -0.782. The highest BCUT2D eigenvalue weighted by atomic mass is 16.3. The number of ketones is 4. The van der Waals surface area contributed by atoms with Gasteiger partial charge in [-0.2, -0.15) is 0 Å². The highest BCUT2D eigenvalue weighted by Gasteiger charge is 2.66. The second kappa shape index (κ2) is 26.5. The molecule has 0 aromatic carbocycles. The van der Waals surface area contributed by atoms with Gasteiger partial charge < -0.3 is 20.4 Å². The number of rotatable bonds is 2. The molecule has 25 atom stereocenters. The molecule has 0 aliphatic heterocycles. The molecule has 16 rings (SSSR count). The first-order valence-electron chi connectivity index (χ1n) is 39.5. The van der Waals surface area contributed by atoms with Crippen molar-refractivity contribution in [2.75, 3.05) is 0 Å². The summed E-state index contributed by atoms with van der Waals surface area (Å²) in [6, 6.07) is 0. The average Bonchev–Trinajstić information content (AvgIpc) is 1.52. The molecule has 0 aromatic rings. The highest BCUT2D eigenvalue weighted by Crippen LogP contribution is 2.70. The summed E-state index contributed by atoms with van der Waals surface area (Å²) in [5.74, 6) is 32.7. The molecule has 16 aliphatic rings. The minimum absolute atomic E-state index is 0.0388. The van der Waals surface area contributed by atoms with Crippen molar-refractivity contribution in [3.63, 3.8) is 0 Å². The van der Waals surface area contributed by atoms with E-state index in [0.717, 1.165) is 226 Å². The number of hydrogen-bond donors (Lipinski definition) is 4. The van der Waals surface area contributed by atoms with E-state index >= 15 is 0 Å². The Labute approximate surface area is 567 Å². The zero-order valence-electron chi connectivity index (χ0n) is 59.6. The molecule has 0 radical (unpaired) electrons. The Morgan fingerprint density at radius 2 is 0.787 bits per heavy atom. The number of unbranched alkanes of at least 4 members (excludes halogenated alkanes) is 1. The lowest BCUT2D eigenvalue weighted by Gasteiger charge is -2.57. The first kappa shape index (κ1) is 68.9. The van der Waals surface area contributed by atoms with E-state index in [4.69, 9.17) is 0 Å². The molecule has 0 heterocycles. The Bertz CT molecular complexity index is 3220. The van der Waals surface area contributed by atoms with Gasteiger partial charge in [0.1, 0.15) is 22.6 Å². The van der Waals surface area contributed by atoms with E-state index in [0.29, 0.717) is 64.6 Å². The van der Waals surface area contributed by atoms with Crippen molar-refractivity contribution in [2.24, 2.45) is 122 Å². The van der Waals surface area contributed by atoms with Gasteiger partial charge in [0, 0.05) is 61.2 Å². The monoisotopic (exact) mass is 1280 g/mol. The number of allylic oxidation sites excluding steroid dienone is 3. The van der Waals surface area contributed by atoms with Crippen LogP contribution in [0.2, 0.25) is 0 Å². The first-order chi connectivity index (χ1) is 44.9. The third kappa shape index (κ3) is 11.5. The van der Waals surface area contributed by atoms with E-state index in [1.54, 1.807) is 0 Å². The molecule has 13 saturated carbocycles. The Morgan fingerprint density at radius 3 is 1.22 bits per heavy atom. The van der Waals surface area contributed by atoms with Crippen molar-refractivity contribution in [3.05, 3.63) is 34.9 Å². The highest BCUT2D eigenvalue weighted by molar-refractivity contribution is 5.92. The van der Waals surface area contributed by atoms with E-state index in [9.17, 15) is 39.6 Å². The lowest BCUT2D eigenvalue weighted by molar-refractivity contribution is -0.138. The van der Waals surface area contributed by atoms with E-state index < -0.39 is 22.4 Å². The van der Waals surface area contributed by atoms with Crippen LogP contribution in [0.1, 0.15) is 293 Å². The maximum atomic E-state index is 11.8. The number of carbonyl (C=O) groups excluding carboxylic acids is 4. The molecule has 0 aromatic heterocycles. The largest absolute Gasteiger partial charge is 0.389 e. The molecule has 0 spiro atoms. The van der Waals surface area contributed by atoms with Gasteiger partial charge >= 0.3 is 0 Å². The van der Waals surface area contributed by atoms with Crippen LogP contribution in [-0.4, -0.2) is 66.0 Å². The first-order valence-corrected chi connectivity index (χ1v) is 39.5. The number of carbonyl (C=O) groups is 4. The molecule has 1 unspecified atom stereocenters. The lowest BCUT2D eigenvalue weighted by Crippen LogP contribution is -2.53. The van der Waals surface area contributed by atoms with E-state index in [2.05, 4.69) is 84.0 Å². The van der Waals surface area contributed by atoms with E-state index in [-0.39, 0.29) is 21.7 Å². The zero-order chi connectivity index (χ0) is 66.4. The molecule has 4 N–H and O–H groups in total. The molecule has 0 saturated heterocycles. The van der Waals surface area contributed by atoms with Gasteiger partial charge in [-0.05, 0) is 324 Å². The fraction of sp³-hybridized carbons (Fsp3) is 0.814. The zero-order valence-corrected chi connectivity index (χ0v) is 59.6. The Hall–Kier alpha value is -3.58. The molecular weight excluding hydrogens is 1160 g/mol. The Balaban J connectivity index is 0.000000114.